The highest BCUT2D eigenvalue weighted by molar-refractivity contribution is 7.14. The molecular weight excluding hydrogens is 382 g/mol. The summed E-state index contributed by atoms with van der Waals surface area (Å²) in [6.07, 6.45) is 8.06. The zero-order chi connectivity index (χ0) is 19.6. The molecule has 1 aliphatic rings. The van der Waals surface area contributed by atoms with Gasteiger partial charge in [0.15, 0.2) is 0 Å². The van der Waals surface area contributed by atoms with Crippen molar-refractivity contribution in [1.29, 1.82) is 0 Å². The predicted octanol–water partition coefficient (Wildman–Crippen LogP) is 5.27. The second kappa shape index (κ2) is 7.97. The van der Waals surface area contributed by atoms with E-state index in [1.807, 2.05) is 18.2 Å². The standard InChI is InChI=1S/C23H23N3O2S/c27-22-12-18(14-28-19-9-5-2-6-10-19)25-23-20(13-24-26(22)23)21-11-17(15-29-21)16-7-3-1-4-8-16/h1,3-4,7-8,11-13,15,19,25H,2,5-6,9-10,14H2. The SMILES string of the molecule is O=c1cc(COC2CCCCC2)[nH]c2c(-c3cc(-c4ccccc4)cs3)cnn12. The molecule has 0 saturated heterocycles. The van der Waals surface area contributed by atoms with Crippen molar-refractivity contribution in [3.05, 3.63) is 70.1 Å². The zero-order valence-electron chi connectivity index (χ0n) is 16.1. The van der Waals surface area contributed by atoms with Crippen LogP contribution in [0.4, 0.5) is 0 Å². The number of thiophene rings is 1. The molecule has 29 heavy (non-hydrogen) atoms. The first-order chi connectivity index (χ1) is 14.3. The molecule has 0 aliphatic heterocycles. The minimum Gasteiger partial charge on any atom is -0.372 e. The Morgan fingerprint density at radius 3 is 2.76 bits per heavy atom. The average molecular weight is 406 g/mol. The third-order valence-electron chi connectivity index (χ3n) is 5.55. The van der Waals surface area contributed by atoms with E-state index in [0.717, 1.165) is 34.6 Å². The maximum atomic E-state index is 12.6. The first-order valence-corrected chi connectivity index (χ1v) is 11.0. The van der Waals surface area contributed by atoms with Gasteiger partial charge in [-0.05, 0) is 35.4 Å². The Labute approximate surface area is 173 Å². The lowest BCUT2D eigenvalue weighted by molar-refractivity contribution is 0.0153. The lowest BCUT2D eigenvalue weighted by Crippen LogP contribution is -2.19. The van der Waals surface area contributed by atoms with Crippen molar-refractivity contribution in [3.63, 3.8) is 0 Å². The van der Waals surface area contributed by atoms with Gasteiger partial charge in [-0.1, -0.05) is 49.6 Å². The highest BCUT2D eigenvalue weighted by Gasteiger charge is 2.16. The summed E-state index contributed by atoms with van der Waals surface area (Å²) in [5.41, 5.74) is 4.68. The lowest BCUT2D eigenvalue weighted by atomic mass is 9.98. The van der Waals surface area contributed by atoms with Crippen LogP contribution < -0.4 is 5.56 Å². The van der Waals surface area contributed by atoms with Crippen LogP contribution in [0.1, 0.15) is 37.8 Å². The van der Waals surface area contributed by atoms with E-state index in [1.165, 1.54) is 34.9 Å². The van der Waals surface area contributed by atoms with Crippen LogP contribution in [0.2, 0.25) is 0 Å². The van der Waals surface area contributed by atoms with Crippen LogP contribution in [0.5, 0.6) is 0 Å². The van der Waals surface area contributed by atoms with Crippen LogP contribution >= 0.6 is 11.3 Å². The molecule has 0 spiro atoms. The second-order valence-corrected chi connectivity index (χ2v) is 8.50. The largest absolute Gasteiger partial charge is 0.372 e. The van der Waals surface area contributed by atoms with Gasteiger partial charge in [-0.25, -0.2) is 0 Å². The maximum absolute atomic E-state index is 12.6. The van der Waals surface area contributed by atoms with E-state index in [-0.39, 0.29) is 5.56 Å². The van der Waals surface area contributed by atoms with Crippen LogP contribution in [0.3, 0.4) is 0 Å². The summed E-state index contributed by atoms with van der Waals surface area (Å²) in [7, 11) is 0. The normalized spacial score (nSPS) is 15.2. The number of rotatable bonds is 5. The number of hydrogen-bond donors (Lipinski definition) is 1. The Balaban J connectivity index is 1.45. The molecule has 3 aromatic heterocycles. The monoisotopic (exact) mass is 405 g/mol. The molecule has 5 nitrogen and oxygen atoms in total. The fraction of sp³-hybridized carbons (Fsp3) is 0.304. The van der Waals surface area contributed by atoms with Crippen molar-refractivity contribution < 1.29 is 4.74 Å². The van der Waals surface area contributed by atoms with Crippen molar-refractivity contribution in [3.8, 4) is 21.6 Å². The topological polar surface area (TPSA) is 59.4 Å². The Morgan fingerprint density at radius 2 is 1.93 bits per heavy atom. The molecule has 1 aliphatic carbocycles. The molecule has 6 heteroatoms. The van der Waals surface area contributed by atoms with Gasteiger partial charge in [-0.2, -0.15) is 9.61 Å². The van der Waals surface area contributed by atoms with Crippen molar-refractivity contribution in [1.82, 2.24) is 14.6 Å². The fourth-order valence-corrected chi connectivity index (χ4v) is 4.92. The van der Waals surface area contributed by atoms with Gasteiger partial charge >= 0.3 is 0 Å². The Kier molecular flexibility index (Phi) is 5.04. The summed E-state index contributed by atoms with van der Waals surface area (Å²) in [5, 5.41) is 6.45. The van der Waals surface area contributed by atoms with Gasteiger partial charge in [0.25, 0.3) is 5.56 Å². The molecule has 3 heterocycles. The quantitative estimate of drug-likeness (QED) is 0.492. The fourth-order valence-electron chi connectivity index (χ4n) is 3.99. The summed E-state index contributed by atoms with van der Waals surface area (Å²) in [4.78, 5) is 17.0. The first-order valence-electron chi connectivity index (χ1n) is 10.1. The van der Waals surface area contributed by atoms with Gasteiger partial charge in [0.2, 0.25) is 0 Å². The molecular formula is C23H23N3O2S. The third-order valence-corrected chi connectivity index (χ3v) is 6.52. The van der Waals surface area contributed by atoms with E-state index in [9.17, 15) is 4.79 Å². The minimum absolute atomic E-state index is 0.132. The van der Waals surface area contributed by atoms with E-state index in [2.05, 4.69) is 33.7 Å². The third kappa shape index (κ3) is 3.78. The molecule has 0 unspecified atom stereocenters. The summed E-state index contributed by atoms with van der Waals surface area (Å²) < 4.78 is 7.49. The number of aromatic amines is 1. The number of nitrogens with zero attached hydrogens (tertiary/aromatic N) is 2. The Morgan fingerprint density at radius 1 is 1.10 bits per heavy atom. The first kappa shape index (κ1) is 18.3. The Bertz CT molecular complexity index is 1170. The minimum atomic E-state index is -0.132. The number of benzene rings is 1. The molecule has 0 atom stereocenters. The second-order valence-electron chi connectivity index (χ2n) is 7.59. The summed E-state index contributed by atoms with van der Waals surface area (Å²) in [5.74, 6) is 0. The van der Waals surface area contributed by atoms with Gasteiger partial charge < -0.3 is 9.72 Å². The van der Waals surface area contributed by atoms with Crippen LogP contribution in [0.25, 0.3) is 27.2 Å². The van der Waals surface area contributed by atoms with E-state index in [0.29, 0.717) is 12.7 Å². The van der Waals surface area contributed by atoms with Gasteiger partial charge in [0.1, 0.15) is 5.65 Å². The zero-order valence-corrected chi connectivity index (χ0v) is 17.0. The molecule has 1 N–H and O–H groups in total. The lowest BCUT2D eigenvalue weighted by Gasteiger charge is -2.21. The number of nitrogens with one attached hydrogen (secondary N) is 1. The van der Waals surface area contributed by atoms with Crippen molar-refractivity contribution in [2.75, 3.05) is 0 Å². The smallest absolute Gasteiger partial charge is 0.274 e. The maximum Gasteiger partial charge on any atom is 0.274 e. The number of H-pyrrole nitrogens is 1. The van der Waals surface area contributed by atoms with Crippen LogP contribution in [0.15, 0.2) is 58.8 Å². The van der Waals surface area contributed by atoms with E-state index >= 15 is 0 Å². The number of aromatic nitrogens is 3. The summed E-state index contributed by atoms with van der Waals surface area (Å²) in [6.45, 7) is 0.431. The summed E-state index contributed by atoms with van der Waals surface area (Å²) >= 11 is 1.66. The van der Waals surface area contributed by atoms with Gasteiger partial charge in [-0.15, -0.1) is 11.3 Å². The number of hydrogen-bond acceptors (Lipinski definition) is 4. The molecule has 148 valence electrons. The average Bonchev–Trinajstić information content (AvgIpc) is 3.41. The molecule has 1 fully saturated rings. The van der Waals surface area contributed by atoms with Crippen LogP contribution in [-0.4, -0.2) is 20.7 Å². The van der Waals surface area contributed by atoms with E-state index in [4.69, 9.17) is 4.74 Å². The highest BCUT2D eigenvalue weighted by atomic mass is 32.1. The molecule has 1 aromatic carbocycles. The highest BCUT2D eigenvalue weighted by Crippen LogP contribution is 2.34. The molecule has 5 rings (SSSR count). The number of ether oxygens (including phenoxy) is 1. The summed E-state index contributed by atoms with van der Waals surface area (Å²) in [6, 6.07) is 14.0. The van der Waals surface area contributed by atoms with Gasteiger partial charge in [0.05, 0.1) is 24.5 Å². The van der Waals surface area contributed by atoms with Crippen LogP contribution in [0, 0.1) is 0 Å². The predicted molar refractivity (Wildman–Crippen MR) is 116 cm³/mol. The molecule has 0 bridgehead atoms. The Hall–Kier alpha value is -2.70. The molecule has 4 aromatic rings. The molecule has 0 radical (unpaired) electrons. The molecule has 0 amide bonds. The van der Waals surface area contributed by atoms with Crippen molar-refractivity contribution >= 4 is 17.0 Å². The van der Waals surface area contributed by atoms with Crippen LogP contribution in [-0.2, 0) is 11.3 Å². The van der Waals surface area contributed by atoms with Crippen molar-refractivity contribution in [2.24, 2.45) is 0 Å². The van der Waals surface area contributed by atoms with Gasteiger partial charge in [-0.3, -0.25) is 4.79 Å². The van der Waals surface area contributed by atoms with E-state index < -0.39 is 0 Å². The van der Waals surface area contributed by atoms with Crippen molar-refractivity contribution in [2.45, 2.75) is 44.8 Å². The molecule has 1 saturated carbocycles. The van der Waals surface area contributed by atoms with E-state index in [1.54, 1.807) is 23.6 Å². The number of fused-ring (bicyclic) bond motifs is 1. The van der Waals surface area contributed by atoms with Gasteiger partial charge in [0, 0.05) is 16.6 Å².